The quantitative estimate of drug-likeness (QED) is 0.475. The molecular weight excluding hydrogens is 443 g/mol. The molecule has 32 heavy (non-hydrogen) atoms. The Hall–Kier alpha value is -2.73. The van der Waals surface area contributed by atoms with E-state index in [2.05, 4.69) is 71.4 Å². The summed E-state index contributed by atoms with van der Waals surface area (Å²) in [6, 6.07) is 12.0. The highest BCUT2D eigenvalue weighted by Crippen LogP contribution is 2.38. The number of phenols is 1. The summed E-state index contributed by atoms with van der Waals surface area (Å²) in [5.74, 6) is 0.510. The lowest BCUT2D eigenvalue weighted by atomic mass is 9.97. The van der Waals surface area contributed by atoms with E-state index in [1.54, 1.807) is 12.1 Å². The normalized spacial score (nSPS) is 15.8. The van der Waals surface area contributed by atoms with Crippen molar-refractivity contribution in [3.05, 3.63) is 70.4 Å². The first-order chi connectivity index (χ1) is 15.2. The SMILES string of the molecule is CN(C)c1ccc(-c2nc(-c3cc(Cl)c(O)c(Cl)c3)[nH]c2C2=CCC(N(C)C)C=C2)cc1. The van der Waals surface area contributed by atoms with Crippen LogP contribution in [-0.4, -0.2) is 54.2 Å². The summed E-state index contributed by atoms with van der Waals surface area (Å²) < 4.78 is 0. The van der Waals surface area contributed by atoms with E-state index in [9.17, 15) is 5.11 Å². The second-order valence-electron chi connectivity index (χ2n) is 8.32. The highest BCUT2D eigenvalue weighted by Gasteiger charge is 2.20. The van der Waals surface area contributed by atoms with Gasteiger partial charge in [0.05, 0.1) is 21.4 Å². The van der Waals surface area contributed by atoms with Crippen molar-refractivity contribution >= 4 is 34.5 Å². The average Bonchev–Trinajstić information content (AvgIpc) is 3.22. The van der Waals surface area contributed by atoms with Crippen LogP contribution in [0.4, 0.5) is 5.69 Å². The molecule has 0 fully saturated rings. The number of rotatable bonds is 5. The lowest BCUT2D eigenvalue weighted by Gasteiger charge is -2.22. The number of phenolic OH excluding ortho intramolecular Hbond substituents is 1. The van der Waals surface area contributed by atoms with Crippen LogP contribution < -0.4 is 4.90 Å². The monoisotopic (exact) mass is 468 g/mol. The molecule has 0 amide bonds. The fourth-order valence-corrected chi connectivity index (χ4v) is 4.21. The number of benzene rings is 2. The summed E-state index contributed by atoms with van der Waals surface area (Å²) in [5.41, 5.74) is 5.71. The van der Waals surface area contributed by atoms with E-state index in [4.69, 9.17) is 28.2 Å². The zero-order valence-electron chi connectivity index (χ0n) is 18.5. The molecule has 2 N–H and O–H groups in total. The zero-order chi connectivity index (χ0) is 23.0. The number of aromatic nitrogens is 2. The number of aromatic amines is 1. The van der Waals surface area contributed by atoms with Gasteiger partial charge in [-0.05, 0) is 50.4 Å². The fourth-order valence-electron chi connectivity index (χ4n) is 3.72. The van der Waals surface area contributed by atoms with Crippen molar-refractivity contribution < 1.29 is 5.11 Å². The Bertz CT molecular complexity index is 1170. The molecule has 5 nitrogen and oxygen atoms in total. The van der Waals surface area contributed by atoms with Crippen LogP contribution in [0.1, 0.15) is 12.1 Å². The van der Waals surface area contributed by atoms with Gasteiger partial charge in [-0.25, -0.2) is 4.98 Å². The number of anilines is 1. The van der Waals surface area contributed by atoms with Gasteiger partial charge >= 0.3 is 0 Å². The van der Waals surface area contributed by atoms with E-state index in [1.165, 1.54) is 0 Å². The number of hydrogen-bond acceptors (Lipinski definition) is 4. The molecule has 0 saturated heterocycles. The summed E-state index contributed by atoms with van der Waals surface area (Å²) in [7, 11) is 8.20. The molecule has 0 bridgehead atoms. The highest BCUT2D eigenvalue weighted by molar-refractivity contribution is 6.37. The van der Waals surface area contributed by atoms with Crippen LogP contribution in [0.2, 0.25) is 10.0 Å². The number of aromatic hydroxyl groups is 1. The molecule has 4 rings (SSSR count). The van der Waals surface area contributed by atoms with E-state index in [0.717, 1.165) is 34.6 Å². The van der Waals surface area contributed by atoms with Crippen LogP contribution in [0.5, 0.6) is 5.75 Å². The van der Waals surface area contributed by atoms with E-state index >= 15 is 0 Å². The number of hydrogen-bond donors (Lipinski definition) is 2. The molecule has 1 heterocycles. The first kappa shape index (κ1) is 22.5. The second kappa shape index (κ2) is 9.02. The molecule has 1 unspecified atom stereocenters. The van der Waals surface area contributed by atoms with E-state index in [0.29, 0.717) is 17.4 Å². The van der Waals surface area contributed by atoms with Crippen molar-refractivity contribution in [2.75, 3.05) is 33.1 Å². The van der Waals surface area contributed by atoms with E-state index in [1.807, 2.05) is 14.1 Å². The van der Waals surface area contributed by atoms with Crippen LogP contribution in [0, 0.1) is 0 Å². The topological polar surface area (TPSA) is 55.4 Å². The number of halogens is 2. The molecule has 1 atom stereocenters. The number of allylic oxidation sites excluding steroid dienone is 2. The first-order valence-electron chi connectivity index (χ1n) is 10.4. The number of nitrogens with zero attached hydrogens (tertiary/aromatic N) is 3. The van der Waals surface area contributed by atoms with Gasteiger partial charge in [0.1, 0.15) is 5.82 Å². The van der Waals surface area contributed by atoms with Gasteiger partial charge in [0, 0.05) is 37.0 Å². The molecule has 0 spiro atoms. The summed E-state index contributed by atoms with van der Waals surface area (Å²) in [6.07, 6.45) is 7.50. The molecule has 7 heteroatoms. The Kier molecular flexibility index (Phi) is 6.33. The average molecular weight is 469 g/mol. The maximum absolute atomic E-state index is 9.94. The van der Waals surface area contributed by atoms with Crippen molar-refractivity contribution in [3.8, 4) is 28.4 Å². The lowest BCUT2D eigenvalue weighted by molar-refractivity contribution is 0.344. The van der Waals surface area contributed by atoms with E-state index in [-0.39, 0.29) is 15.8 Å². The summed E-state index contributed by atoms with van der Waals surface area (Å²) in [5, 5.41) is 10.3. The van der Waals surface area contributed by atoms with Crippen LogP contribution in [0.25, 0.3) is 28.2 Å². The summed E-state index contributed by atoms with van der Waals surface area (Å²) in [4.78, 5) is 12.6. The smallest absolute Gasteiger partial charge is 0.152 e. The van der Waals surface area contributed by atoms with Gasteiger partial charge in [0.15, 0.2) is 5.75 Å². The van der Waals surface area contributed by atoms with Gasteiger partial charge in [0.2, 0.25) is 0 Å². The van der Waals surface area contributed by atoms with Crippen LogP contribution in [0.15, 0.2) is 54.6 Å². The largest absolute Gasteiger partial charge is 0.505 e. The molecule has 1 aromatic heterocycles. The van der Waals surface area contributed by atoms with Crippen molar-refractivity contribution in [3.63, 3.8) is 0 Å². The van der Waals surface area contributed by atoms with Gasteiger partial charge in [0.25, 0.3) is 0 Å². The Morgan fingerprint density at radius 1 is 1.00 bits per heavy atom. The van der Waals surface area contributed by atoms with Crippen LogP contribution in [0.3, 0.4) is 0 Å². The van der Waals surface area contributed by atoms with Gasteiger partial charge in [-0.3, -0.25) is 0 Å². The molecule has 166 valence electrons. The molecule has 1 aliphatic carbocycles. The molecular formula is C25H26Cl2N4O. The molecule has 3 aromatic rings. The Balaban J connectivity index is 1.81. The second-order valence-corrected chi connectivity index (χ2v) is 9.14. The third-order valence-electron chi connectivity index (χ3n) is 5.68. The molecule has 0 saturated carbocycles. The summed E-state index contributed by atoms with van der Waals surface area (Å²) in [6.45, 7) is 0. The zero-order valence-corrected chi connectivity index (χ0v) is 20.0. The molecule has 0 aliphatic heterocycles. The lowest BCUT2D eigenvalue weighted by Crippen LogP contribution is -2.26. The fraction of sp³-hybridized carbons (Fsp3) is 0.240. The Morgan fingerprint density at radius 2 is 1.66 bits per heavy atom. The van der Waals surface area contributed by atoms with Crippen molar-refractivity contribution in [1.29, 1.82) is 0 Å². The maximum atomic E-state index is 9.94. The molecule has 0 radical (unpaired) electrons. The first-order valence-corrected chi connectivity index (χ1v) is 11.1. The van der Waals surface area contributed by atoms with Crippen LogP contribution >= 0.6 is 23.2 Å². The van der Waals surface area contributed by atoms with Gasteiger partial charge in [-0.2, -0.15) is 0 Å². The third kappa shape index (κ3) is 4.42. The number of H-pyrrole nitrogens is 1. The van der Waals surface area contributed by atoms with Gasteiger partial charge < -0.3 is 19.9 Å². The van der Waals surface area contributed by atoms with Crippen LogP contribution in [-0.2, 0) is 0 Å². The standard InChI is InChI=1S/C25H26Cl2N4O/c1-30(2)18-9-5-15(6-10-18)22-23(16-7-11-19(12-8-16)31(3)4)29-25(28-22)17-13-20(26)24(32)21(27)14-17/h5-11,13-14,19,32H,12H2,1-4H3,(H,28,29). The minimum Gasteiger partial charge on any atom is -0.505 e. The highest BCUT2D eigenvalue weighted by atomic mass is 35.5. The summed E-state index contributed by atoms with van der Waals surface area (Å²) >= 11 is 12.3. The Morgan fingerprint density at radius 3 is 2.19 bits per heavy atom. The number of nitrogens with one attached hydrogen (secondary N) is 1. The predicted molar refractivity (Wildman–Crippen MR) is 135 cm³/mol. The number of imidazole rings is 1. The third-order valence-corrected chi connectivity index (χ3v) is 6.26. The minimum atomic E-state index is -0.129. The predicted octanol–water partition coefficient (Wildman–Crippen LogP) is 6.10. The van der Waals surface area contributed by atoms with Crippen molar-refractivity contribution in [2.24, 2.45) is 0 Å². The van der Waals surface area contributed by atoms with Crippen molar-refractivity contribution in [2.45, 2.75) is 12.5 Å². The minimum absolute atomic E-state index is 0.129. The maximum Gasteiger partial charge on any atom is 0.152 e. The van der Waals surface area contributed by atoms with Gasteiger partial charge in [-0.15, -0.1) is 0 Å². The van der Waals surface area contributed by atoms with Crippen molar-refractivity contribution in [1.82, 2.24) is 14.9 Å². The molecule has 1 aliphatic rings. The van der Waals surface area contributed by atoms with Gasteiger partial charge in [-0.1, -0.05) is 53.6 Å². The molecule has 2 aromatic carbocycles. The Labute approximate surface area is 198 Å². The number of likely N-dealkylation sites (N-methyl/N-ethyl adjacent to an activating group) is 1. The van der Waals surface area contributed by atoms with E-state index < -0.39 is 0 Å².